The lowest BCUT2D eigenvalue weighted by molar-refractivity contribution is -0.141. The number of carbonyl (C=O) groups excluding carboxylic acids is 4. The average Bonchev–Trinajstić information content (AvgIpc) is 3.08. The molecule has 2 heterocycles. The third-order valence-corrected chi connectivity index (χ3v) is 4.78. The van der Waals surface area contributed by atoms with Crippen LogP contribution in [0.3, 0.4) is 0 Å². The number of hydrogen-bond acceptors (Lipinski definition) is 6. The fourth-order valence-electron chi connectivity index (χ4n) is 3.18. The van der Waals surface area contributed by atoms with Gasteiger partial charge in [0.15, 0.2) is 5.78 Å². The van der Waals surface area contributed by atoms with Crippen LogP contribution in [-0.4, -0.2) is 53.0 Å². The second kappa shape index (κ2) is 9.86. The quantitative estimate of drug-likeness (QED) is 0.599. The molecule has 166 valence electrons. The Bertz CT molecular complexity index is 794. The fourth-order valence-corrected chi connectivity index (χ4v) is 3.18. The lowest BCUT2D eigenvalue weighted by atomic mass is 9.87. The van der Waals surface area contributed by atoms with E-state index in [1.54, 1.807) is 13.8 Å². The van der Waals surface area contributed by atoms with Gasteiger partial charge in [0.1, 0.15) is 0 Å². The molecule has 2 unspecified atom stereocenters. The summed E-state index contributed by atoms with van der Waals surface area (Å²) in [6.07, 6.45) is -0.118. The predicted octanol–water partition coefficient (Wildman–Crippen LogP) is 1.57. The van der Waals surface area contributed by atoms with Crippen molar-refractivity contribution in [2.45, 2.75) is 59.9 Å². The molecule has 0 saturated heterocycles. The molecule has 9 heteroatoms. The average molecular weight is 421 g/mol. The topological polar surface area (TPSA) is 130 Å². The van der Waals surface area contributed by atoms with Crippen LogP contribution >= 0.6 is 0 Å². The number of nitrogens with one attached hydrogen (secondary N) is 3. The van der Waals surface area contributed by atoms with Crippen LogP contribution in [0.4, 0.5) is 4.79 Å². The molecule has 2 rings (SSSR count). The van der Waals surface area contributed by atoms with Gasteiger partial charge in [-0.05, 0) is 23.8 Å². The van der Waals surface area contributed by atoms with Gasteiger partial charge in [0.2, 0.25) is 5.78 Å². The number of H-pyrrole nitrogens is 1. The summed E-state index contributed by atoms with van der Waals surface area (Å²) in [6, 6.07) is 1.02. The van der Waals surface area contributed by atoms with Crippen LogP contribution in [0.1, 0.15) is 52.4 Å². The molecule has 0 saturated carbocycles. The first-order valence-electron chi connectivity index (χ1n) is 10.3. The smallest absolute Gasteiger partial charge is 0.407 e. The zero-order chi connectivity index (χ0) is 22.5. The summed E-state index contributed by atoms with van der Waals surface area (Å²) in [5.74, 6) is -2.70. The molecule has 30 heavy (non-hydrogen) atoms. The molecule has 0 aliphatic carbocycles. The molecule has 0 radical (unpaired) electrons. The number of carbonyl (C=O) groups is 4. The predicted molar refractivity (Wildman–Crippen MR) is 110 cm³/mol. The normalized spacial score (nSPS) is 18.5. The second-order valence-electron chi connectivity index (χ2n) is 9.33. The Morgan fingerprint density at radius 2 is 2.00 bits per heavy atom. The van der Waals surface area contributed by atoms with Gasteiger partial charge in [0.05, 0.1) is 18.3 Å². The first-order valence-corrected chi connectivity index (χ1v) is 10.3. The highest BCUT2D eigenvalue weighted by Crippen LogP contribution is 2.18. The van der Waals surface area contributed by atoms with Crippen LogP contribution < -0.4 is 10.6 Å². The Hall–Kier alpha value is -2.71. The molecule has 9 nitrogen and oxygen atoms in total. The highest BCUT2D eigenvalue weighted by Gasteiger charge is 2.33. The van der Waals surface area contributed by atoms with Gasteiger partial charge >= 0.3 is 6.09 Å². The van der Waals surface area contributed by atoms with E-state index in [1.165, 1.54) is 0 Å². The molecule has 1 aliphatic heterocycles. The van der Waals surface area contributed by atoms with E-state index in [2.05, 4.69) is 20.8 Å². The van der Waals surface area contributed by atoms with Gasteiger partial charge in [-0.1, -0.05) is 34.6 Å². The first kappa shape index (κ1) is 23.6. The van der Waals surface area contributed by atoms with E-state index in [-0.39, 0.29) is 36.6 Å². The van der Waals surface area contributed by atoms with Gasteiger partial charge in [-0.2, -0.15) is 5.10 Å². The Labute approximate surface area is 176 Å². The second-order valence-corrected chi connectivity index (χ2v) is 9.33. The summed E-state index contributed by atoms with van der Waals surface area (Å²) in [4.78, 5) is 49.9. The number of fused-ring (bicyclic) bond motifs is 2. The van der Waals surface area contributed by atoms with E-state index >= 15 is 0 Å². The van der Waals surface area contributed by atoms with Crippen molar-refractivity contribution in [2.24, 2.45) is 17.3 Å². The van der Waals surface area contributed by atoms with Gasteiger partial charge in [-0.15, -0.1) is 0 Å². The first-order chi connectivity index (χ1) is 14.0. The molecule has 3 N–H and O–H groups in total. The van der Waals surface area contributed by atoms with Crippen LogP contribution in [0.25, 0.3) is 0 Å². The minimum Gasteiger partial charge on any atom is -0.449 e. The van der Waals surface area contributed by atoms with Crippen molar-refractivity contribution in [3.63, 3.8) is 0 Å². The molecule has 0 spiro atoms. The summed E-state index contributed by atoms with van der Waals surface area (Å²) < 4.78 is 5.20. The highest BCUT2D eigenvalue weighted by atomic mass is 16.5. The summed E-state index contributed by atoms with van der Waals surface area (Å²) in [6.45, 7) is 9.91. The third-order valence-electron chi connectivity index (χ3n) is 4.78. The van der Waals surface area contributed by atoms with E-state index in [0.717, 1.165) is 5.69 Å². The van der Waals surface area contributed by atoms with Crippen LogP contribution in [0.5, 0.6) is 0 Å². The number of rotatable bonds is 6. The van der Waals surface area contributed by atoms with E-state index in [9.17, 15) is 19.2 Å². The minimum absolute atomic E-state index is 0.164. The standard InChI is InChI=1S/C21H32N4O5/c1-12(2)17(23-20(29)30-11-21(3,4)5)16(26)9-13-8-15-10-14(24-25-15)6-7-22-19(28)18(13)27/h10,12-13,17H,6-9,11H2,1-5H3,(H,22,28)(H,23,29)(H,24,25). The summed E-state index contributed by atoms with van der Waals surface area (Å²) >= 11 is 0. The largest absolute Gasteiger partial charge is 0.449 e. The molecule has 1 aromatic rings. The number of nitrogens with zero attached hydrogens (tertiary/aromatic N) is 1. The third kappa shape index (κ3) is 6.96. The molecule has 1 aromatic heterocycles. The summed E-state index contributed by atoms with van der Waals surface area (Å²) in [5, 5.41) is 12.2. The lowest BCUT2D eigenvalue weighted by Gasteiger charge is -2.24. The lowest BCUT2D eigenvalue weighted by Crippen LogP contribution is -2.47. The Kier molecular flexibility index (Phi) is 7.75. The molecule has 1 aliphatic rings. The van der Waals surface area contributed by atoms with E-state index in [0.29, 0.717) is 18.7 Å². The van der Waals surface area contributed by atoms with Crippen LogP contribution in [0.2, 0.25) is 0 Å². The van der Waals surface area contributed by atoms with E-state index in [1.807, 2.05) is 26.8 Å². The van der Waals surface area contributed by atoms with Crippen molar-refractivity contribution < 1.29 is 23.9 Å². The zero-order valence-corrected chi connectivity index (χ0v) is 18.3. The molecular weight excluding hydrogens is 388 g/mol. The van der Waals surface area contributed by atoms with Crippen molar-refractivity contribution in [1.82, 2.24) is 20.8 Å². The van der Waals surface area contributed by atoms with E-state index in [4.69, 9.17) is 4.74 Å². The number of aromatic amines is 1. The number of ketones is 2. The number of Topliss-reactive ketones (excluding diaryl/α,β-unsaturated/α-hetero) is 2. The number of ether oxygens (including phenoxy) is 1. The maximum Gasteiger partial charge on any atom is 0.407 e. The molecule has 2 bridgehead atoms. The maximum atomic E-state index is 13.0. The molecule has 0 fully saturated rings. The van der Waals surface area contributed by atoms with Gasteiger partial charge in [0, 0.05) is 31.0 Å². The Morgan fingerprint density at radius 3 is 2.63 bits per heavy atom. The molecular formula is C21H32N4O5. The van der Waals surface area contributed by atoms with Crippen LogP contribution in [0, 0.1) is 17.3 Å². The van der Waals surface area contributed by atoms with Crippen molar-refractivity contribution >= 4 is 23.6 Å². The van der Waals surface area contributed by atoms with Crippen molar-refractivity contribution in [3.8, 4) is 0 Å². The van der Waals surface area contributed by atoms with E-state index < -0.39 is 29.7 Å². The van der Waals surface area contributed by atoms with Gasteiger partial charge in [0.25, 0.3) is 5.91 Å². The summed E-state index contributed by atoms with van der Waals surface area (Å²) in [5.41, 5.74) is 1.28. The Morgan fingerprint density at radius 1 is 1.30 bits per heavy atom. The molecule has 2 atom stereocenters. The summed E-state index contributed by atoms with van der Waals surface area (Å²) in [7, 11) is 0. The molecule has 0 aromatic carbocycles. The number of alkyl carbamates (subject to hydrolysis) is 1. The zero-order valence-electron chi connectivity index (χ0n) is 18.3. The fraction of sp³-hybridized carbons (Fsp3) is 0.667. The minimum atomic E-state index is -0.836. The van der Waals surface area contributed by atoms with Crippen molar-refractivity contribution in [3.05, 3.63) is 17.5 Å². The van der Waals surface area contributed by atoms with Crippen LogP contribution in [-0.2, 0) is 32.0 Å². The van der Waals surface area contributed by atoms with Gasteiger partial charge in [-0.25, -0.2) is 4.79 Å². The maximum absolute atomic E-state index is 13.0. The van der Waals surface area contributed by atoms with Gasteiger partial charge < -0.3 is 15.4 Å². The van der Waals surface area contributed by atoms with Crippen molar-refractivity contribution in [2.75, 3.05) is 13.2 Å². The number of hydrogen-bond donors (Lipinski definition) is 3. The number of amides is 2. The monoisotopic (exact) mass is 420 g/mol. The molecule has 2 amide bonds. The highest BCUT2D eigenvalue weighted by molar-refractivity contribution is 6.37. The number of aromatic nitrogens is 2. The van der Waals surface area contributed by atoms with Gasteiger partial charge in [-0.3, -0.25) is 19.5 Å². The van der Waals surface area contributed by atoms with Crippen LogP contribution in [0.15, 0.2) is 6.07 Å². The Balaban J connectivity index is 2.10. The SMILES string of the molecule is CC(C)C(NC(=O)OCC(C)(C)C)C(=O)CC1Cc2cc(n[nH]2)CCNC(=O)C1=O. The van der Waals surface area contributed by atoms with Crippen molar-refractivity contribution in [1.29, 1.82) is 0 Å².